The maximum Gasteiger partial charge on any atom is 0.253 e. The maximum absolute atomic E-state index is 12.6. The molecule has 1 aliphatic rings. The van der Waals surface area contributed by atoms with Crippen molar-refractivity contribution in [2.24, 2.45) is 11.8 Å². The Labute approximate surface area is 139 Å². The fourth-order valence-corrected chi connectivity index (χ4v) is 3.29. The van der Waals surface area contributed by atoms with Gasteiger partial charge in [0.15, 0.2) is 0 Å². The van der Waals surface area contributed by atoms with Crippen molar-refractivity contribution in [1.82, 2.24) is 4.90 Å². The first-order chi connectivity index (χ1) is 11.0. The van der Waals surface area contributed by atoms with Crippen LogP contribution in [-0.2, 0) is 0 Å². The number of nitrogens with zero attached hydrogens (tertiary/aromatic N) is 1. The number of anilines is 1. The normalized spacial score (nSPS) is 17.3. The molecule has 0 spiro atoms. The number of piperidine rings is 1. The van der Waals surface area contributed by atoms with Crippen LogP contribution in [0.4, 0.5) is 5.69 Å². The molecule has 1 aromatic rings. The first kappa shape index (κ1) is 17.8. The molecule has 1 amide bonds. The molecule has 0 saturated carbocycles. The maximum atomic E-state index is 12.6. The molecule has 1 saturated heterocycles. The van der Waals surface area contributed by atoms with E-state index in [0.29, 0.717) is 17.9 Å². The Bertz CT molecular complexity index is 508. The van der Waals surface area contributed by atoms with Crippen LogP contribution in [0.3, 0.4) is 0 Å². The third-order valence-electron chi connectivity index (χ3n) is 4.51. The van der Waals surface area contributed by atoms with E-state index in [1.54, 1.807) is 0 Å². The van der Waals surface area contributed by atoms with Crippen molar-refractivity contribution in [2.75, 3.05) is 25.0 Å². The van der Waals surface area contributed by atoms with Gasteiger partial charge in [-0.2, -0.15) is 0 Å². The van der Waals surface area contributed by atoms with Crippen molar-refractivity contribution in [2.45, 2.75) is 46.1 Å². The number of carbonyl (C=O) groups is 1. The molecule has 2 rings (SSSR count). The van der Waals surface area contributed by atoms with Gasteiger partial charge in [-0.3, -0.25) is 4.79 Å². The topological polar surface area (TPSA) is 52.6 Å². The molecule has 0 aliphatic carbocycles. The summed E-state index contributed by atoms with van der Waals surface area (Å²) >= 11 is 0. The van der Waals surface area contributed by atoms with Crippen LogP contribution >= 0.6 is 0 Å². The number of hydrogen-bond acceptors (Lipinski definition) is 3. The average molecular weight is 318 g/mol. The van der Waals surface area contributed by atoms with Gasteiger partial charge in [-0.15, -0.1) is 0 Å². The number of amides is 1. The Hall–Kier alpha value is -1.55. The number of rotatable bonds is 6. The van der Waals surface area contributed by atoms with Gasteiger partial charge >= 0.3 is 0 Å². The van der Waals surface area contributed by atoms with Gasteiger partial charge in [0.05, 0.1) is 0 Å². The van der Waals surface area contributed by atoms with Gasteiger partial charge < -0.3 is 15.3 Å². The number of hydrogen-bond donors (Lipinski definition) is 2. The number of aliphatic hydroxyl groups excluding tert-OH is 1. The lowest BCUT2D eigenvalue weighted by atomic mass is 9.97. The van der Waals surface area contributed by atoms with Gasteiger partial charge in [0.1, 0.15) is 0 Å². The predicted molar refractivity (Wildman–Crippen MR) is 94.7 cm³/mol. The number of likely N-dealkylation sites (tertiary alicyclic amines) is 1. The second-order valence-electron chi connectivity index (χ2n) is 7.17. The van der Waals surface area contributed by atoms with Gasteiger partial charge in [0.2, 0.25) is 0 Å². The summed E-state index contributed by atoms with van der Waals surface area (Å²) in [4.78, 5) is 14.6. The number of carbonyl (C=O) groups excluding carboxylic acids is 1. The van der Waals surface area contributed by atoms with Crippen molar-refractivity contribution >= 4 is 11.6 Å². The lowest BCUT2D eigenvalue weighted by Crippen LogP contribution is -2.39. The zero-order valence-electron chi connectivity index (χ0n) is 14.6. The monoisotopic (exact) mass is 318 g/mol. The molecule has 0 aromatic heterocycles. The van der Waals surface area contributed by atoms with E-state index < -0.39 is 0 Å². The van der Waals surface area contributed by atoms with Crippen LogP contribution in [0.5, 0.6) is 0 Å². The van der Waals surface area contributed by atoms with Gasteiger partial charge in [0.25, 0.3) is 5.91 Å². The Morgan fingerprint density at radius 3 is 2.61 bits per heavy atom. The summed E-state index contributed by atoms with van der Waals surface area (Å²) in [5.74, 6) is 1.10. The van der Waals surface area contributed by atoms with E-state index in [0.717, 1.165) is 43.6 Å². The van der Waals surface area contributed by atoms with Crippen molar-refractivity contribution in [1.29, 1.82) is 0 Å². The van der Waals surface area contributed by atoms with Crippen LogP contribution in [0, 0.1) is 11.8 Å². The van der Waals surface area contributed by atoms with Gasteiger partial charge in [-0.25, -0.2) is 0 Å². The van der Waals surface area contributed by atoms with E-state index in [-0.39, 0.29) is 12.5 Å². The minimum absolute atomic E-state index is 0.0987. The molecule has 2 N–H and O–H groups in total. The zero-order chi connectivity index (χ0) is 16.8. The van der Waals surface area contributed by atoms with E-state index >= 15 is 0 Å². The van der Waals surface area contributed by atoms with Crippen LogP contribution in [0.2, 0.25) is 0 Å². The first-order valence-electron chi connectivity index (χ1n) is 8.76. The lowest BCUT2D eigenvalue weighted by Gasteiger charge is -2.31. The third kappa shape index (κ3) is 5.24. The summed E-state index contributed by atoms with van der Waals surface area (Å²) in [5.41, 5.74) is 1.75. The molecule has 1 aromatic carbocycles. The SMILES string of the molecule is CC(C)CC(C)Nc1cccc(C(=O)N2CCC(CO)CC2)c1. The molecule has 23 heavy (non-hydrogen) atoms. The molecule has 1 atom stereocenters. The van der Waals surface area contributed by atoms with Crippen LogP contribution in [0.25, 0.3) is 0 Å². The molecule has 0 bridgehead atoms. The van der Waals surface area contributed by atoms with E-state index in [9.17, 15) is 9.90 Å². The third-order valence-corrected chi connectivity index (χ3v) is 4.51. The second kappa shape index (κ2) is 8.34. The summed E-state index contributed by atoms with van der Waals surface area (Å²) in [6, 6.07) is 8.19. The zero-order valence-corrected chi connectivity index (χ0v) is 14.6. The van der Waals surface area contributed by atoms with Crippen LogP contribution in [0.1, 0.15) is 50.4 Å². The van der Waals surface area contributed by atoms with Crippen molar-refractivity contribution < 1.29 is 9.90 Å². The Morgan fingerprint density at radius 2 is 2.00 bits per heavy atom. The largest absolute Gasteiger partial charge is 0.396 e. The molecule has 1 aliphatic heterocycles. The molecule has 0 radical (unpaired) electrons. The standard InChI is InChI=1S/C19H30N2O2/c1-14(2)11-15(3)20-18-6-4-5-17(12-18)19(23)21-9-7-16(13-22)8-10-21/h4-6,12,14-16,20,22H,7-11,13H2,1-3H3. The number of nitrogens with one attached hydrogen (secondary N) is 1. The van der Waals surface area contributed by atoms with Gasteiger partial charge in [-0.05, 0) is 56.2 Å². The van der Waals surface area contributed by atoms with E-state index in [2.05, 4.69) is 26.1 Å². The predicted octanol–water partition coefficient (Wildman–Crippen LogP) is 3.38. The number of aliphatic hydroxyl groups is 1. The molecule has 1 fully saturated rings. The smallest absolute Gasteiger partial charge is 0.253 e. The van der Waals surface area contributed by atoms with Gasteiger partial charge in [0, 0.05) is 37.0 Å². The molecule has 1 heterocycles. The second-order valence-corrected chi connectivity index (χ2v) is 7.17. The highest BCUT2D eigenvalue weighted by Gasteiger charge is 2.23. The lowest BCUT2D eigenvalue weighted by molar-refractivity contribution is 0.0651. The van der Waals surface area contributed by atoms with Crippen LogP contribution < -0.4 is 5.32 Å². The highest BCUT2D eigenvalue weighted by Crippen LogP contribution is 2.20. The summed E-state index contributed by atoms with van der Waals surface area (Å²) in [5, 5.41) is 12.7. The summed E-state index contributed by atoms with van der Waals surface area (Å²) in [6.45, 7) is 8.32. The average Bonchev–Trinajstić information content (AvgIpc) is 2.53. The minimum Gasteiger partial charge on any atom is -0.396 e. The molecule has 4 nitrogen and oxygen atoms in total. The molecular weight excluding hydrogens is 288 g/mol. The van der Waals surface area contributed by atoms with Crippen molar-refractivity contribution in [3.8, 4) is 0 Å². The van der Waals surface area contributed by atoms with E-state index in [4.69, 9.17) is 0 Å². The summed E-state index contributed by atoms with van der Waals surface area (Å²) in [7, 11) is 0. The van der Waals surface area contributed by atoms with E-state index in [1.807, 2.05) is 29.2 Å². The Morgan fingerprint density at radius 1 is 1.30 bits per heavy atom. The highest BCUT2D eigenvalue weighted by atomic mass is 16.3. The van der Waals surface area contributed by atoms with Crippen molar-refractivity contribution in [3.05, 3.63) is 29.8 Å². The van der Waals surface area contributed by atoms with Gasteiger partial charge in [-0.1, -0.05) is 19.9 Å². The Kier molecular flexibility index (Phi) is 6.46. The fourth-order valence-electron chi connectivity index (χ4n) is 3.29. The van der Waals surface area contributed by atoms with E-state index in [1.165, 1.54) is 0 Å². The number of benzene rings is 1. The molecule has 4 heteroatoms. The minimum atomic E-state index is 0.0987. The van der Waals surface area contributed by atoms with Crippen LogP contribution in [-0.4, -0.2) is 41.7 Å². The highest BCUT2D eigenvalue weighted by molar-refractivity contribution is 5.95. The molecule has 128 valence electrons. The molecular formula is C19H30N2O2. The summed E-state index contributed by atoms with van der Waals surface area (Å²) < 4.78 is 0. The van der Waals surface area contributed by atoms with Crippen LogP contribution in [0.15, 0.2) is 24.3 Å². The quantitative estimate of drug-likeness (QED) is 0.845. The fraction of sp³-hybridized carbons (Fsp3) is 0.632. The Balaban J connectivity index is 1.97. The first-order valence-corrected chi connectivity index (χ1v) is 8.76. The summed E-state index contributed by atoms with van der Waals surface area (Å²) in [6.07, 6.45) is 2.89. The molecule has 1 unspecified atom stereocenters. The van der Waals surface area contributed by atoms with Crippen molar-refractivity contribution in [3.63, 3.8) is 0 Å².